The maximum Gasteiger partial charge on any atom is 0.417 e. The van der Waals surface area contributed by atoms with Gasteiger partial charge < -0.3 is 5.32 Å². The number of carbonyl (C=O) groups is 1. The third-order valence-corrected chi connectivity index (χ3v) is 10.3. The number of hydrogen-bond donors (Lipinski definition) is 2. The minimum Gasteiger partial charge on any atom is -0.325 e. The number of sulfonamides is 2. The third-order valence-electron chi connectivity index (χ3n) is 6.40. The van der Waals surface area contributed by atoms with Gasteiger partial charge in [0, 0.05) is 10.7 Å². The average Bonchev–Trinajstić information content (AvgIpc) is 2.94. The molecule has 0 bridgehead atoms. The highest BCUT2D eigenvalue weighted by Crippen LogP contribution is 2.38. The van der Waals surface area contributed by atoms with Crippen LogP contribution in [0.1, 0.15) is 16.7 Å². The summed E-state index contributed by atoms with van der Waals surface area (Å²) in [6.07, 6.45) is -4.89. The number of alkyl halides is 3. The molecule has 1 amide bonds. The molecule has 0 unspecified atom stereocenters. The fourth-order valence-electron chi connectivity index (χ4n) is 4.01. The van der Waals surface area contributed by atoms with Gasteiger partial charge in [-0.15, -0.1) is 0 Å². The monoisotopic (exact) mass is 685 g/mol. The van der Waals surface area contributed by atoms with Crippen molar-refractivity contribution in [3.05, 3.63) is 112 Å². The standard InChI is InChI=1S/C29H24Cl2F3N3O5S2/c1-18-6-11-23(12-7-18)44(41,42)37(21-10-15-26(31)24(16-21)29(32,33)34)17-28(38)35-20-8-13-22(14-9-20)43(39,40)36-27-5-3-4-25(30)19(27)2/h3-16,36H,17H2,1-2H3,(H,35,38). The molecule has 232 valence electrons. The zero-order valence-corrected chi connectivity index (χ0v) is 26.1. The molecular formula is C29H24Cl2F3N3O5S2. The van der Waals surface area contributed by atoms with Gasteiger partial charge in [-0.2, -0.15) is 13.2 Å². The lowest BCUT2D eigenvalue weighted by Gasteiger charge is -2.25. The van der Waals surface area contributed by atoms with Crippen LogP contribution in [0.5, 0.6) is 0 Å². The second-order valence-electron chi connectivity index (χ2n) is 9.58. The van der Waals surface area contributed by atoms with Crippen LogP contribution in [0.25, 0.3) is 0 Å². The molecule has 0 radical (unpaired) electrons. The zero-order valence-electron chi connectivity index (χ0n) is 23.0. The Kier molecular flexibility index (Phi) is 9.54. The molecule has 15 heteroatoms. The predicted octanol–water partition coefficient (Wildman–Crippen LogP) is 7.26. The van der Waals surface area contributed by atoms with Crippen molar-refractivity contribution in [2.45, 2.75) is 29.8 Å². The number of halogens is 5. The van der Waals surface area contributed by atoms with Gasteiger partial charge in [0.05, 0.1) is 31.8 Å². The van der Waals surface area contributed by atoms with E-state index in [2.05, 4.69) is 10.0 Å². The van der Waals surface area contributed by atoms with Crippen LogP contribution in [-0.2, 0) is 31.0 Å². The van der Waals surface area contributed by atoms with Crippen molar-refractivity contribution in [2.24, 2.45) is 0 Å². The van der Waals surface area contributed by atoms with E-state index in [0.717, 1.165) is 17.7 Å². The number of rotatable bonds is 9. The van der Waals surface area contributed by atoms with Gasteiger partial charge in [-0.25, -0.2) is 16.8 Å². The molecule has 0 saturated carbocycles. The highest BCUT2D eigenvalue weighted by Gasteiger charge is 2.35. The molecule has 0 aliphatic heterocycles. The van der Waals surface area contributed by atoms with Crippen LogP contribution in [-0.4, -0.2) is 29.3 Å². The van der Waals surface area contributed by atoms with Crippen molar-refractivity contribution in [1.29, 1.82) is 0 Å². The van der Waals surface area contributed by atoms with Crippen molar-refractivity contribution in [2.75, 3.05) is 20.9 Å². The van der Waals surface area contributed by atoms with Gasteiger partial charge in [0.25, 0.3) is 20.0 Å². The molecule has 8 nitrogen and oxygen atoms in total. The number of nitrogens with one attached hydrogen (secondary N) is 2. The molecule has 0 aliphatic carbocycles. The SMILES string of the molecule is Cc1ccc(S(=O)(=O)N(CC(=O)Nc2ccc(S(=O)(=O)Nc3cccc(Cl)c3C)cc2)c2ccc(Cl)c(C(F)(F)F)c2)cc1. The average molecular weight is 687 g/mol. The fraction of sp³-hybridized carbons (Fsp3) is 0.138. The molecule has 0 saturated heterocycles. The van der Waals surface area contributed by atoms with Gasteiger partial charge in [0.2, 0.25) is 5.91 Å². The van der Waals surface area contributed by atoms with Crippen molar-refractivity contribution in [1.82, 2.24) is 0 Å². The van der Waals surface area contributed by atoms with Crippen molar-refractivity contribution >= 4 is 66.2 Å². The summed E-state index contributed by atoms with van der Waals surface area (Å²) in [5.41, 5.74) is -0.0774. The summed E-state index contributed by atoms with van der Waals surface area (Å²) in [4.78, 5) is 12.7. The van der Waals surface area contributed by atoms with Crippen LogP contribution in [0.3, 0.4) is 0 Å². The molecule has 0 spiro atoms. The van der Waals surface area contributed by atoms with E-state index < -0.39 is 54.9 Å². The van der Waals surface area contributed by atoms with E-state index in [4.69, 9.17) is 23.2 Å². The van der Waals surface area contributed by atoms with E-state index in [0.29, 0.717) is 21.0 Å². The summed E-state index contributed by atoms with van der Waals surface area (Å²) < 4.78 is 96.7. The van der Waals surface area contributed by atoms with Gasteiger partial charge in [-0.05, 0) is 86.1 Å². The lowest BCUT2D eigenvalue weighted by atomic mass is 10.2. The molecule has 0 heterocycles. The Bertz CT molecular complexity index is 1920. The number of hydrogen-bond acceptors (Lipinski definition) is 5. The summed E-state index contributed by atoms with van der Waals surface area (Å²) >= 11 is 11.8. The highest BCUT2D eigenvalue weighted by molar-refractivity contribution is 7.93. The number of aryl methyl sites for hydroxylation is 1. The molecule has 0 atom stereocenters. The quantitative estimate of drug-likeness (QED) is 0.193. The minimum absolute atomic E-state index is 0.104. The Morgan fingerprint density at radius 2 is 1.43 bits per heavy atom. The molecule has 4 aromatic carbocycles. The second-order valence-corrected chi connectivity index (χ2v) is 13.9. The van der Waals surface area contributed by atoms with E-state index in [1.165, 1.54) is 48.5 Å². The first-order valence-electron chi connectivity index (χ1n) is 12.6. The number of nitrogens with zero attached hydrogens (tertiary/aromatic N) is 1. The lowest BCUT2D eigenvalue weighted by Crippen LogP contribution is -2.38. The third kappa shape index (κ3) is 7.46. The molecule has 44 heavy (non-hydrogen) atoms. The smallest absolute Gasteiger partial charge is 0.325 e. The van der Waals surface area contributed by atoms with Crippen LogP contribution < -0.4 is 14.3 Å². The van der Waals surface area contributed by atoms with E-state index in [1.807, 2.05) is 0 Å². The van der Waals surface area contributed by atoms with Crippen LogP contribution in [0.2, 0.25) is 10.0 Å². The fourth-order valence-corrected chi connectivity index (χ4v) is 6.94. The van der Waals surface area contributed by atoms with Crippen LogP contribution in [0, 0.1) is 13.8 Å². The van der Waals surface area contributed by atoms with Crippen LogP contribution in [0.15, 0.2) is 94.7 Å². The summed E-state index contributed by atoms with van der Waals surface area (Å²) in [5, 5.41) is 2.18. The zero-order chi connectivity index (χ0) is 32.4. The molecular weight excluding hydrogens is 662 g/mol. The Morgan fingerprint density at radius 1 is 0.818 bits per heavy atom. The molecule has 4 aromatic rings. The van der Waals surface area contributed by atoms with E-state index in [9.17, 15) is 34.8 Å². The van der Waals surface area contributed by atoms with Gasteiger partial charge in [-0.3, -0.25) is 13.8 Å². The molecule has 0 aromatic heterocycles. The first kappa shape index (κ1) is 33.1. The summed E-state index contributed by atoms with van der Waals surface area (Å²) in [6.45, 7) is 2.46. The second kappa shape index (κ2) is 12.7. The summed E-state index contributed by atoms with van der Waals surface area (Å²) in [6, 6.07) is 17.8. The van der Waals surface area contributed by atoms with Crippen molar-refractivity contribution in [3.63, 3.8) is 0 Å². The first-order valence-corrected chi connectivity index (χ1v) is 16.3. The highest BCUT2D eigenvalue weighted by atomic mass is 35.5. The van der Waals surface area contributed by atoms with Gasteiger partial charge in [0.1, 0.15) is 6.54 Å². The normalized spacial score (nSPS) is 12.1. The predicted molar refractivity (Wildman–Crippen MR) is 164 cm³/mol. The Balaban J connectivity index is 1.60. The van der Waals surface area contributed by atoms with E-state index in [-0.39, 0.29) is 21.2 Å². The minimum atomic E-state index is -4.89. The Hall–Kier alpha value is -3.78. The lowest BCUT2D eigenvalue weighted by molar-refractivity contribution is -0.137. The number of carbonyl (C=O) groups excluding carboxylic acids is 1. The maximum absolute atomic E-state index is 13.6. The number of anilines is 3. The van der Waals surface area contributed by atoms with E-state index in [1.54, 1.807) is 32.0 Å². The molecule has 0 aliphatic rings. The van der Waals surface area contributed by atoms with Gasteiger partial charge in [0.15, 0.2) is 0 Å². The van der Waals surface area contributed by atoms with Crippen molar-refractivity contribution in [3.8, 4) is 0 Å². The van der Waals surface area contributed by atoms with Crippen molar-refractivity contribution < 1.29 is 34.8 Å². The first-order chi connectivity index (χ1) is 20.5. The topological polar surface area (TPSA) is 113 Å². The summed E-state index contributed by atoms with van der Waals surface area (Å²) in [7, 11) is -8.57. The van der Waals surface area contributed by atoms with Gasteiger partial charge in [-0.1, -0.05) is 47.0 Å². The Labute approximate surface area is 262 Å². The summed E-state index contributed by atoms with van der Waals surface area (Å²) in [5.74, 6) is -0.910. The molecule has 0 fully saturated rings. The van der Waals surface area contributed by atoms with E-state index >= 15 is 0 Å². The largest absolute Gasteiger partial charge is 0.417 e. The number of amides is 1. The van der Waals surface area contributed by atoms with Gasteiger partial charge >= 0.3 is 6.18 Å². The molecule has 2 N–H and O–H groups in total. The Morgan fingerprint density at radius 3 is 2.05 bits per heavy atom. The van der Waals surface area contributed by atoms with Crippen LogP contribution >= 0.6 is 23.2 Å². The van der Waals surface area contributed by atoms with Crippen LogP contribution in [0.4, 0.5) is 30.2 Å². The molecule has 4 rings (SSSR count). The number of benzene rings is 4. The maximum atomic E-state index is 13.6.